The Labute approximate surface area is 91.5 Å². The lowest BCUT2D eigenvalue weighted by molar-refractivity contribution is 0.298. The Balaban J connectivity index is 3.59. The van der Waals surface area contributed by atoms with Crippen LogP contribution in [0.15, 0.2) is 0 Å². The first-order chi connectivity index (χ1) is 6.35. The van der Waals surface area contributed by atoms with Crippen molar-refractivity contribution in [2.45, 2.75) is 73.6 Å². The summed E-state index contributed by atoms with van der Waals surface area (Å²) < 4.78 is 0. The second-order valence-electron chi connectivity index (χ2n) is 6.33. The largest absolute Gasteiger partial charge is 0.0654 e. The maximum atomic E-state index is 2.41. The summed E-state index contributed by atoms with van der Waals surface area (Å²) >= 11 is 0. The lowest BCUT2D eigenvalue weighted by atomic mass is 9.84. The summed E-state index contributed by atoms with van der Waals surface area (Å²) in [7, 11) is 0. The van der Waals surface area contributed by atoms with Crippen molar-refractivity contribution in [2.75, 3.05) is 0 Å². The maximum Gasteiger partial charge on any atom is -0.0383 e. The van der Waals surface area contributed by atoms with Crippen molar-refractivity contribution in [3.8, 4) is 0 Å². The standard InChI is InChI=1S/C14H30/c1-7-8-12(2)11-13(3)9-10-14(4,5)6/h12-13H,7-11H2,1-6H3. The molecule has 0 heteroatoms. The van der Waals surface area contributed by atoms with Crippen molar-refractivity contribution < 1.29 is 0 Å². The van der Waals surface area contributed by atoms with Gasteiger partial charge in [0.1, 0.15) is 0 Å². The van der Waals surface area contributed by atoms with Crippen LogP contribution in [0.3, 0.4) is 0 Å². The van der Waals surface area contributed by atoms with Crippen LogP contribution >= 0.6 is 0 Å². The highest BCUT2D eigenvalue weighted by Crippen LogP contribution is 2.27. The summed E-state index contributed by atoms with van der Waals surface area (Å²) in [5, 5.41) is 0. The van der Waals surface area contributed by atoms with Gasteiger partial charge in [-0.2, -0.15) is 0 Å². The molecule has 0 rings (SSSR count). The molecule has 0 fully saturated rings. The lowest BCUT2D eigenvalue weighted by Gasteiger charge is -2.22. The van der Waals surface area contributed by atoms with Crippen LogP contribution < -0.4 is 0 Å². The van der Waals surface area contributed by atoms with Gasteiger partial charge in [-0.1, -0.05) is 60.8 Å². The average molecular weight is 198 g/mol. The molecular weight excluding hydrogens is 168 g/mol. The summed E-state index contributed by atoms with van der Waals surface area (Å²) in [5.74, 6) is 1.84. The van der Waals surface area contributed by atoms with Crippen LogP contribution in [-0.4, -0.2) is 0 Å². The molecule has 0 aromatic heterocycles. The van der Waals surface area contributed by atoms with Crippen LogP contribution in [-0.2, 0) is 0 Å². The van der Waals surface area contributed by atoms with Gasteiger partial charge in [-0.15, -0.1) is 0 Å². The van der Waals surface area contributed by atoms with E-state index in [0.717, 1.165) is 11.8 Å². The minimum atomic E-state index is 0.516. The van der Waals surface area contributed by atoms with Crippen molar-refractivity contribution >= 4 is 0 Å². The van der Waals surface area contributed by atoms with E-state index in [0.29, 0.717) is 5.41 Å². The number of hydrogen-bond donors (Lipinski definition) is 0. The normalized spacial score (nSPS) is 16.7. The molecular formula is C14H30. The predicted octanol–water partition coefficient (Wildman–Crippen LogP) is 5.28. The molecule has 0 saturated heterocycles. The smallest absolute Gasteiger partial charge is 0.0383 e. The summed E-state index contributed by atoms with van der Waals surface area (Å²) in [6.45, 7) is 14.1. The minimum absolute atomic E-state index is 0.516. The molecule has 86 valence electrons. The zero-order valence-electron chi connectivity index (χ0n) is 11.2. The van der Waals surface area contributed by atoms with E-state index in [9.17, 15) is 0 Å². The molecule has 0 bridgehead atoms. The summed E-state index contributed by atoms with van der Waals surface area (Å²) in [4.78, 5) is 0. The third kappa shape index (κ3) is 8.59. The second kappa shape index (κ2) is 6.48. The van der Waals surface area contributed by atoms with E-state index >= 15 is 0 Å². The molecule has 0 aliphatic rings. The Hall–Kier alpha value is 0. The molecule has 0 amide bonds. The highest BCUT2D eigenvalue weighted by Gasteiger charge is 2.14. The van der Waals surface area contributed by atoms with E-state index in [1.807, 2.05) is 0 Å². The molecule has 2 unspecified atom stereocenters. The lowest BCUT2D eigenvalue weighted by Crippen LogP contribution is -2.09. The molecule has 0 nitrogen and oxygen atoms in total. The van der Waals surface area contributed by atoms with E-state index < -0.39 is 0 Å². The Morgan fingerprint density at radius 1 is 0.929 bits per heavy atom. The Bertz CT molecular complexity index is 129. The Morgan fingerprint density at radius 3 is 1.86 bits per heavy atom. The molecule has 0 aromatic rings. The molecule has 0 N–H and O–H groups in total. The first-order valence-electron chi connectivity index (χ1n) is 6.35. The van der Waals surface area contributed by atoms with E-state index in [4.69, 9.17) is 0 Å². The zero-order chi connectivity index (χ0) is 11.2. The van der Waals surface area contributed by atoms with Crippen LogP contribution in [0.2, 0.25) is 0 Å². The van der Waals surface area contributed by atoms with Gasteiger partial charge in [0.25, 0.3) is 0 Å². The van der Waals surface area contributed by atoms with Crippen molar-refractivity contribution in [3.05, 3.63) is 0 Å². The molecule has 0 spiro atoms. The van der Waals surface area contributed by atoms with Crippen molar-refractivity contribution in [2.24, 2.45) is 17.3 Å². The molecule has 0 aliphatic carbocycles. The molecule has 14 heavy (non-hydrogen) atoms. The topological polar surface area (TPSA) is 0 Å². The predicted molar refractivity (Wildman–Crippen MR) is 66.5 cm³/mol. The van der Waals surface area contributed by atoms with E-state index in [2.05, 4.69) is 41.5 Å². The maximum absolute atomic E-state index is 2.41. The third-order valence-corrected chi connectivity index (χ3v) is 2.97. The van der Waals surface area contributed by atoms with Gasteiger partial charge < -0.3 is 0 Å². The van der Waals surface area contributed by atoms with Crippen molar-refractivity contribution in [1.82, 2.24) is 0 Å². The average Bonchev–Trinajstić information content (AvgIpc) is 2.00. The molecule has 0 heterocycles. The first kappa shape index (κ1) is 14.0. The fourth-order valence-corrected chi connectivity index (χ4v) is 2.09. The Kier molecular flexibility index (Phi) is 6.48. The monoisotopic (exact) mass is 198 g/mol. The quantitative estimate of drug-likeness (QED) is 0.545. The van der Waals surface area contributed by atoms with Gasteiger partial charge in [0, 0.05) is 0 Å². The van der Waals surface area contributed by atoms with Gasteiger partial charge in [-0.3, -0.25) is 0 Å². The van der Waals surface area contributed by atoms with E-state index in [1.54, 1.807) is 0 Å². The van der Waals surface area contributed by atoms with Gasteiger partial charge >= 0.3 is 0 Å². The highest BCUT2D eigenvalue weighted by molar-refractivity contribution is 4.66. The van der Waals surface area contributed by atoms with E-state index in [-0.39, 0.29) is 0 Å². The molecule has 0 aromatic carbocycles. The highest BCUT2D eigenvalue weighted by atomic mass is 14.2. The molecule has 0 radical (unpaired) electrons. The SMILES string of the molecule is CCCC(C)CC(C)CCC(C)(C)C. The Morgan fingerprint density at radius 2 is 1.43 bits per heavy atom. The van der Waals surface area contributed by atoms with Crippen LogP contribution in [0.4, 0.5) is 0 Å². The summed E-state index contributed by atoms with van der Waals surface area (Å²) in [6.07, 6.45) is 6.93. The third-order valence-electron chi connectivity index (χ3n) is 2.97. The number of rotatable bonds is 6. The summed E-state index contributed by atoms with van der Waals surface area (Å²) in [6, 6.07) is 0. The fraction of sp³-hybridized carbons (Fsp3) is 1.00. The summed E-state index contributed by atoms with van der Waals surface area (Å²) in [5.41, 5.74) is 0.516. The minimum Gasteiger partial charge on any atom is -0.0654 e. The zero-order valence-corrected chi connectivity index (χ0v) is 11.2. The van der Waals surface area contributed by atoms with Crippen molar-refractivity contribution in [1.29, 1.82) is 0 Å². The fourth-order valence-electron chi connectivity index (χ4n) is 2.09. The van der Waals surface area contributed by atoms with Crippen molar-refractivity contribution in [3.63, 3.8) is 0 Å². The molecule has 2 atom stereocenters. The van der Waals surface area contributed by atoms with Gasteiger partial charge in [-0.25, -0.2) is 0 Å². The van der Waals surface area contributed by atoms with Crippen LogP contribution in [0.25, 0.3) is 0 Å². The number of hydrogen-bond acceptors (Lipinski definition) is 0. The van der Waals surface area contributed by atoms with Gasteiger partial charge in [0.2, 0.25) is 0 Å². The van der Waals surface area contributed by atoms with Gasteiger partial charge in [0.05, 0.1) is 0 Å². The molecule has 0 saturated carbocycles. The van der Waals surface area contributed by atoms with Crippen LogP contribution in [0.1, 0.15) is 73.6 Å². The molecule has 0 aliphatic heterocycles. The van der Waals surface area contributed by atoms with E-state index in [1.165, 1.54) is 32.1 Å². The first-order valence-corrected chi connectivity index (χ1v) is 6.35. The van der Waals surface area contributed by atoms with Crippen LogP contribution in [0.5, 0.6) is 0 Å². The van der Waals surface area contributed by atoms with Gasteiger partial charge in [-0.05, 0) is 30.1 Å². The van der Waals surface area contributed by atoms with Crippen LogP contribution in [0, 0.1) is 17.3 Å². The van der Waals surface area contributed by atoms with Gasteiger partial charge in [0.15, 0.2) is 0 Å². The second-order valence-corrected chi connectivity index (χ2v) is 6.33.